The molecule has 20 heavy (non-hydrogen) atoms. The second kappa shape index (κ2) is 7.48. The van der Waals surface area contributed by atoms with Gasteiger partial charge in [0, 0.05) is 10.6 Å². The van der Waals surface area contributed by atoms with E-state index < -0.39 is 0 Å². The molecule has 0 aliphatic carbocycles. The van der Waals surface area contributed by atoms with Crippen molar-refractivity contribution in [2.75, 3.05) is 5.32 Å². The Hall–Kier alpha value is -1.29. The summed E-state index contributed by atoms with van der Waals surface area (Å²) in [6, 6.07) is 15.9. The minimum absolute atomic E-state index is 0.674. The van der Waals surface area contributed by atoms with E-state index in [0.717, 1.165) is 15.6 Å². The van der Waals surface area contributed by atoms with Gasteiger partial charge >= 0.3 is 0 Å². The smallest absolute Gasteiger partial charge is 0.104 e. The standard InChI is InChI=1S/C16H14ClNS2/c1-12-6-8-13(9-7-12)18-16(19)10-11-20-15-5-3-2-4-14(15)17/h2-11H,1H3,(H,18,19). The average molecular weight is 320 g/mol. The highest BCUT2D eigenvalue weighted by molar-refractivity contribution is 8.02. The molecule has 1 nitrogen and oxygen atoms in total. The monoisotopic (exact) mass is 319 g/mol. The lowest BCUT2D eigenvalue weighted by molar-refractivity contribution is 1.47. The summed E-state index contributed by atoms with van der Waals surface area (Å²) in [5.41, 5.74) is 2.22. The number of rotatable bonds is 4. The SMILES string of the molecule is Cc1ccc(NC(=S)C=CSc2ccccc2Cl)cc1. The van der Waals surface area contributed by atoms with Crippen LogP contribution in [0.5, 0.6) is 0 Å². The Kier molecular flexibility index (Phi) is 5.65. The molecule has 0 amide bonds. The Morgan fingerprint density at radius 2 is 1.85 bits per heavy atom. The van der Waals surface area contributed by atoms with E-state index in [1.54, 1.807) is 11.8 Å². The molecule has 0 aliphatic heterocycles. The molecule has 0 fully saturated rings. The van der Waals surface area contributed by atoms with Gasteiger partial charge in [-0.15, -0.1) is 0 Å². The molecule has 0 radical (unpaired) electrons. The minimum Gasteiger partial charge on any atom is -0.347 e. The summed E-state index contributed by atoms with van der Waals surface area (Å²) in [4.78, 5) is 1.69. The third-order valence-electron chi connectivity index (χ3n) is 2.57. The molecule has 0 unspecified atom stereocenters. The second-order valence-corrected chi connectivity index (χ2v) is 6.00. The molecule has 0 aromatic heterocycles. The summed E-state index contributed by atoms with van der Waals surface area (Å²) < 4.78 is 0. The van der Waals surface area contributed by atoms with Crippen molar-refractivity contribution in [3.05, 3.63) is 70.6 Å². The molecule has 2 aromatic rings. The molecule has 0 aliphatic rings. The molecule has 0 saturated carbocycles. The topological polar surface area (TPSA) is 12.0 Å². The molecule has 2 aromatic carbocycles. The first kappa shape index (κ1) is 15.1. The van der Waals surface area contributed by atoms with Crippen LogP contribution >= 0.6 is 35.6 Å². The van der Waals surface area contributed by atoms with Gasteiger partial charge in [0.2, 0.25) is 0 Å². The molecular weight excluding hydrogens is 306 g/mol. The summed E-state index contributed by atoms with van der Waals surface area (Å²) in [7, 11) is 0. The molecule has 2 rings (SSSR count). The number of benzene rings is 2. The average Bonchev–Trinajstić information content (AvgIpc) is 2.43. The van der Waals surface area contributed by atoms with Crippen LogP contribution in [0.15, 0.2) is 64.9 Å². The summed E-state index contributed by atoms with van der Waals surface area (Å²) in [5.74, 6) is 0. The van der Waals surface area contributed by atoms with Crippen molar-refractivity contribution in [3.63, 3.8) is 0 Å². The van der Waals surface area contributed by atoms with Gasteiger partial charge in [-0.1, -0.05) is 65.4 Å². The number of hydrogen-bond acceptors (Lipinski definition) is 2. The highest BCUT2D eigenvalue weighted by Crippen LogP contribution is 2.27. The summed E-state index contributed by atoms with van der Waals surface area (Å²) >= 11 is 12.9. The highest BCUT2D eigenvalue weighted by atomic mass is 35.5. The zero-order chi connectivity index (χ0) is 14.4. The van der Waals surface area contributed by atoms with Crippen LogP contribution in [0.4, 0.5) is 5.69 Å². The van der Waals surface area contributed by atoms with Crippen molar-refractivity contribution >= 4 is 46.3 Å². The van der Waals surface area contributed by atoms with Crippen molar-refractivity contribution in [2.24, 2.45) is 0 Å². The number of thiocarbonyl (C=S) groups is 1. The van der Waals surface area contributed by atoms with Crippen LogP contribution in [0, 0.1) is 6.92 Å². The Bertz CT molecular complexity index is 621. The fourth-order valence-electron chi connectivity index (χ4n) is 1.53. The summed E-state index contributed by atoms with van der Waals surface area (Å²) in [6.07, 6.45) is 1.86. The lowest BCUT2D eigenvalue weighted by Crippen LogP contribution is -2.04. The molecule has 0 atom stereocenters. The van der Waals surface area contributed by atoms with Gasteiger partial charge < -0.3 is 5.32 Å². The van der Waals surface area contributed by atoms with Crippen LogP contribution in [0.1, 0.15) is 5.56 Å². The fraction of sp³-hybridized carbons (Fsp3) is 0.0625. The summed E-state index contributed by atoms with van der Waals surface area (Å²) in [5, 5.41) is 5.85. The largest absolute Gasteiger partial charge is 0.347 e. The lowest BCUT2D eigenvalue weighted by atomic mass is 10.2. The van der Waals surface area contributed by atoms with Gasteiger partial charge in [0.1, 0.15) is 4.99 Å². The van der Waals surface area contributed by atoms with Gasteiger partial charge in [-0.05, 0) is 42.7 Å². The number of halogens is 1. The van der Waals surface area contributed by atoms with Gasteiger partial charge in [0.15, 0.2) is 0 Å². The normalized spacial score (nSPS) is 10.7. The van der Waals surface area contributed by atoms with Gasteiger partial charge in [0.05, 0.1) is 5.02 Å². The van der Waals surface area contributed by atoms with Crippen LogP contribution in [0.3, 0.4) is 0 Å². The third-order valence-corrected chi connectivity index (χ3v) is 4.13. The number of hydrogen-bond donors (Lipinski definition) is 1. The molecule has 4 heteroatoms. The number of aryl methyl sites for hydroxylation is 1. The van der Waals surface area contributed by atoms with Gasteiger partial charge in [-0.2, -0.15) is 0 Å². The first-order valence-corrected chi connectivity index (χ1v) is 7.77. The Morgan fingerprint density at radius 3 is 2.55 bits per heavy atom. The summed E-state index contributed by atoms with van der Waals surface area (Å²) in [6.45, 7) is 2.06. The first-order valence-electron chi connectivity index (χ1n) is 6.10. The van der Waals surface area contributed by atoms with Crippen LogP contribution in [0.25, 0.3) is 0 Å². The Morgan fingerprint density at radius 1 is 1.15 bits per heavy atom. The van der Waals surface area contributed by atoms with Crippen molar-refractivity contribution in [1.82, 2.24) is 0 Å². The minimum atomic E-state index is 0.674. The van der Waals surface area contributed by atoms with E-state index in [2.05, 4.69) is 12.2 Å². The van der Waals surface area contributed by atoms with Crippen molar-refractivity contribution in [1.29, 1.82) is 0 Å². The molecule has 0 saturated heterocycles. The van der Waals surface area contributed by atoms with Gasteiger partial charge in [0.25, 0.3) is 0 Å². The van der Waals surface area contributed by atoms with Crippen molar-refractivity contribution in [2.45, 2.75) is 11.8 Å². The molecule has 0 spiro atoms. The van der Waals surface area contributed by atoms with Crippen molar-refractivity contribution < 1.29 is 0 Å². The van der Waals surface area contributed by atoms with E-state index in [1.807, 2.05) is 60.0 Å². The molecular formula is C16H14ClNS2. The lowest BCUT2D eigenvalue weighted by Gasteiger charge is -2.04. The first-order chi connectivity index (χ1) is 9.65. The maximum Gasteiger partial charge on any atom is 0.104 e. The van der Waals surface area contributed by atoms with E-state index in [-0.39, 0.29) is 0 Å². The van der Waals surface area contributed by atoms with Crippen LogP contribution < -0.4 is 5.32 Å². The highest BCUT2D eigenvalue weighted by Gasteiger charge is 1.97. The molecule has 0 bridgehead atoms. The van der Waals surface area contributed by atoms with Gasteiger partial charge in [-0.25, -0.2) is 0 Å². The molecule has 102 valence electrons. The molecule has 1 N–H and O–H groups in total. The Labute approximate surface area is 134 Å². The zero-order valence-corrected chi connectivity index (χ0v) is 13.4. The predicted molar refractivity (Wildman–Crippen MR) is 93.8 cm³/mol. The maximum absolute atomic E-state index is 6.08. The van der Waals surface area contributed by atoms with E-state index >= 15 is 0 Å². The maximum atomic E-state index is 6.08. The molecule has 0 heterocycles. The van der Waals surface area contributed by atoms with Crippen LogP contribution in [-0.2, 0) is 0 Å². The van der Waals surface area contributed by atoms with Crippen LogP contribution in [0.2, 0.25) is 5.02 Å². The second-order valence-electron chi connectivity index (χ2n) is 4.21. The van der Waals surface area contributed by atoms with Crippen LogP contribution in [-0.4, -0.2) is 4.99 Å². The number of thioether (sulfide) groups is 1. The van der Waals surface area contributed by atoms with E-state index in [9.17, 15) is 0 Å². The third kappa shape index (κ3) is 4.67. The quantitative estimate of drug-likeness (QED) is 0.441. The van der Waals surface area contributed by atoms with E-state index in [0.29, 0.717) is 4.99 Å². The van der Waals surface area contributed by atoms with Gasteiger partial charge in [-0.3, -0.25) is 0 Å². The fourth-order valence-corrected chi connectivity index (χ4v) is 2.76. The number of anilines is 1. The zero-order valence-electron chi connectivity index (χ0n) is 11.0. The number of nitrogens with one attached hydrogen (secondary N) is 1. The predicted octanol–water partition coefficient (Wildman–Crippen LogP) is 5.69. The van der Waals surface area contributed by atoms with E-state index in [1.165, 1.54) is 5.56 Å². The van der Waals surface area contributed by atoms with Crippen molar-refractivity contribution in [3.8, 4) is 0 Å². The Balaban J connectivity index is 1.90. The van der Waals surface area contributed by atoms with E-state index in [4.69, 9.17) is 23.8 Å².